The van der Waals surface area contributed by atoms with E-state index in [-0.39, 0.29) is 17.3 Å². The molecule has 0 fully saturated rings. The molecule has 0 atom stereocenters. The molecule has 0 heterocycles. The molecular weight excluding hydrogens is 260 g/mol. The molecule has 0 spiro atoms. The Morgan fingerprint density at radius 1 is 1.05 bits per heavy atom. The standard InChI is InChI=1S/C15H22O3S/c1-11-6-12(2)8-13(7-11)9-19(17,18)10-14(16)15(3,4)5/h6-8H,9-10H2,1-5H3. The van der Waals surface area contributed by atoms with E-state index in [2.05, 4.69) is 0 Å². The molecule has 3 nitrogen and oxygen atoms in total. The van der Waals surface area contributed by atoms with Crippen molar-refractivity contribution in [2.24, 2.45) is 5.41 Å². The summed E-state index contributed by atoms with van der Waals surface area (Å²) < 4.78 is 24.1. The summed E-state index contributed by atoms with van der Waals surface area (Å²) in [6, 6.07) is 5.70. The second-order valence-electron chi connectivity index (χ2n) is 6.20. The van der Waals surface area contributed by atoms with Crippen LogP contribution in [0.2, 0.25) is 0 Å². The Balaban J connectivity index is 2.89. The van der Waals surface area contributed by atoms with Gasteiger partial charge in [-0.3, -0.25) is 4.79 Å². The lowest BCUT2D eigenvalue weighted by molar-refractivity contribution is -0.123. The van der Waals surface area contributed by atoms with Gasteiger partial charge in [0, 0.05) is 5.41 Å². The molecule has 1 aromatic carbocycles. The highest BCUT2D eigenvalue weighted by Gasteiger charge is 2.27. The van der Waals surface area contributed by atoms with E-state index in [0.29, 0.717) is 0 Å². The van der Waals surface area contributed by atoms with E-state index in [1.54, 1.807) is 20.8 Å². The number of aryl methyl sites for hydroxylation is 2. The second kappa shape index (κ2) is 5.45. The first-order valence-electron chi connectivity index (χ1n) is 6.30. The van der Waals surface area contributed by atoms with E-state index in [1.165, 1.54) is 0 Å². The first kappa shape index (κ1) is 15.9. The summed E-state index contributed by atoms with van der Waals surface area (Å²) in [7, 11) is -3.40. The number of carbonyl (C=O) groups excluding carboxylic acids is 1. The number of ketones is 1. The van der Waals surface area contributed by atoms with E-state index in [1.807, 2.05) is 32.0 Å². The molecule has 106 valence electrons. The number of Topliss-reactive ketones (excluding diaryl/α,β-unsaturated/α-hetero) is 1. The molecular formula is C15H22O3S. The summed E-state index contributed by atoms with van der Waals surface area (Å²) in [6.45, 7) is 9.08. The lowest BCUT2D eigenvalue weighted by Crippen LogP contribution is -2.28. The van der Waals surface area contributed by atoms with Crippen LogP contribution in [0.25, 0.3) is 0 Å². The SMILES string of the molecule is Cc1cc(C)cc(CS(=O)(=O)CC(=O)C(C)(C)C)c1. The number of hydrogen-bond acceptors (Lipinski definition) is 3. The molecule has 0 saturated heterocycles. The van der Waals surface area contributed by atoms with Crippen molar-refractivity contribution in [3.8, 4) is 0 Å². The van der Waals surface area contributed by atoms with Gasteiger partial charge in [0.25, 0.3) is 0 Å². The molecule has 0 saturated carbocycles. The van der Waals surface area contributed by atoms with Gasteiger partial charge >= 0.3 is 0 Å². The van der Waals surface area contributed by atoms with Gasteiger partial charge < -0.3 is 0 Å². The van der Waals surface area contributed by atoms with Gasteiger partial charge in [-0.15, -0.1) is 0 Å². The van der Waals surface area contributed by atoms with Crippen LogP contribution in [0.4, 0.5) is 0 Å². The summed E-state index contributed by atoms with van der Waals surface area (Å²) in [4.78, 5) is 11.8. The third kappa shape index (κ3) is 5.15. The molecule has 0 amide bonds. The Labute approximate surface area is 116 Å². The van der Waals surface area contributed by atoms with Crippen molar-refractivity contribution in [1.29, 1.82) is 0 Å². The van der Waals surface area contributed by atoms with Crippen LogP contribution in [0.3, 0.4) is 0 Å². The van der Waals surface area contributed by atoms with Crippen molar-refractivity contribution in [1.82, 2.24) is 0 Å². The third-order valence-electron chi connectivity index (χ3n) is 2.86. The fourth-order valence-corrected chi connectivity index (χ4v) is 3.48. The molecule has 0 radical (unpaired) electrons. The van der Waals surface area contributed by atoms with Crippen molar-refractivity contribution in [2.45, 2.75) is 40.4 Å². The highest BCUT2D eigenvalue weighted by atomic mass is 32.2. The Morgan fingerprint density at radius 2 is 1.53 bits per heavy atom. The smallest absolute Gasteiger partial charge is 0.161 e. The van der Waals surface area contributed by atoms with Crippen LogP contribution in [0.1, 0.15) is 37.5 Å². The molecule has 0 N–H and O–H groups in total. The molecule has 0 bridgehead atoms. The number of hydrogen-bond donors (Lipinski definition) is 0. The zero-order valence-electron chi connectivity index (χ0n) is 12.3. The van der Waals surface area contributed by atoms with Gasteiger partial charge in [0.15, 0.2) is 15.6 Å². The quantitative estimate of drug-likeness (QED) is 0.853. The first-order valence-corrected chi connectivity index (χ1v) is 8.13. The summed E-state index contributed by atoms with van der Waals surface area (Å²) in [5, 5.41) is 0. The zero-order chi connectivity index (χ0) is 14.8. The molecule has 4 heteroatoms. The van der Waals surface area contributed by atoms with Crippen LogP contribution in [0.15, 0.2) is 18.2 Å². The predicted octanol–water partition coefficient (Wildman–Crippen LogP) is 2.83. The second-order valence-corrected chi connectivity index (χ2v) is 8.27. The molecule has 0 aromatic heterocycles. The summed E-state index contributed by atoms with van der Waals surface area (Å²) >= 11 is 0. The van der Waals surface area contributed by atoms with E-state index < -0.39 is 15.3 Å². The van der Waals surface area contributed by atoms with Gasteiger partial charge in [-0.05, 0) is 19.4 Å². The van der Waals surface area contributed by atoms with Gasteiger partial charge in [-0.2, -0.15) is 0 Å². The van der Waals surface area contributed by atoms with E-state index >= 15 is 0 Å². The molecule has 0 unspecified atom stereocenters. The van der Waals surface area contributed by atoms with Crippen LogP contribution < -0.4 is 0 Å². The molecule has 1 rings (SSSR count). The number of sulfone groups is 1. The van der Waals surface area contributed by atoms with E-state index in [0.717, 1.165) is 16.7 Å². The Kier molecular flexibility index (Phi) is 4.56. The Morgan fingerprint density at radius 3 is 1.95 bits per heavy atom. The van der Waals surface area contributed by atoms with Crippen LogP contribution in [0.5, 0.6) is 0 Å². The van der Waals surface area contributed by atoms with E-state index in [9.17, 15) is 13.2 Å². The molecule has 0 aliphatic carbocycles. The molecule has 0 aliphatic heterocycles. The minimum Gasteiger partial charge on any atom is -0.298 e. The lowest BCUT2D eigenvalue weighted by Gasteiger charge is -2.16. The maximum Gasteiger partial charge on any atom is 0.161 e. The van der Waals surface area contributed by atoms with Gasteiger partial charge in [-0.1, -0.05) is 50.1 Å². The van der Waals surface area contributed by atoms with Crippen molar-refractivity contribution in [2.75, 3.05) is 5.75 Å². The van der Waals surface area contributed by atoms with Gasteiger partial charge in [-0.25, -0.2) is 8.42 Å². The highest BCUT2D eigenvalue weighted by molar-refractivity contribution is 7.91. The number of benzene rings is 1. The van der Waals surface area contributed by atoms with Crippen molar-refractivity contribution < 1.29 is 13.2 Å². The topological polar surface area (TPSA) is 51.2 Å². The summed E-state index contributed by atoms with van der Waals surface area (Å²) in [5.41, 5.74) is 2.20. The van der Waals surface area contributed by atoms with Crippen molar-refractivity contribution in [3.05, 3.63) is 34.9 Å². The van der Waals surface area contributed by atoms with Crippen LogP contribution >= 0.6 is 0 Å². The maximum absolute atomic E-state index is 12.1. The summed E-state index contributed by atoms with van der Waals surface area (Å²) in [5.74, 6) is -0.697. The summed E-state index contributed by atoms with van der Waals surface area (Å²) in [6.07, 6.45) is 0. The Bertz CT molecular complexity index is 558. The minimum absolute atomic E-state index is 0.0721. The van der Waals surface area contributed by atoms with Crippen LogP contribution in [-0.4, -0.2) is 20.0 Å². The predicted molar refractivity (Wildman–Crippen MR) is 77.9 cm³/mol. The Hall–Kier alpha value is -1.16. The van der Waals surface area contributed by atoms with Gasteiger partial charge in [0.1, 0.15) is 5.75 Å². The number of rotatable bonds is 4. The van der Waals surface area contributed by atoms with Crippen LogP contribution in [0, 0.1) is 19.3 Å². The van der Waals surface area contributed by atoms with Crippen molar-refractivity contribution in [3.63, 3.8) is 0 Å². The van der Waals surface area contributed by atoms with Gasteiger partial charge in [0.2, 0.25) is 0 Å². The normalized spacial score (nSPS) is 12.5. The lowest BCUT2D eigenvalue weighted by atomic mass is 9.92. The number of carbonyl (C=O) groups is 1. The monoisotopic (exact) mass is 282 g/mol. The maximum atomic E-state index is 12.1. The van der Waals surface area contributed by atoms with Crippen molar-refractivity contribution >= 4 is 15.6 Å². The first-order chi connectivity index (χ1) is 8.49. The largest absolute Gasteiger partial charge is 0.298 e. The third-order valence-corrected chi connectivity index (χ3v) is 4.33. The minimum atomic E-state index is -3.40. The van der Waals surface area contributed by atoms with E-state index in [4.69, 9.17) is 0 Å². The molecule has 19 heavy (non-hydrogen) atoms. The van der Waals surface area contributed by atoms with Gasteiger partial charge in [0.05, 0.1) is 5.75 Å². The fourth-order valence-electron chi connectivity index (χ4n) is 1.87. The van der Waals surface area contributed by atoms with Crippen LogP contribution in [-0.2, 0) is 20.4 Å². The highest BCUT2D eigenvalue weighted by Crippen LogP contribution is 2.18. The zero-order valence-corrected chi connectivity index (χ0v) is 13.1. The molecule has 1 aromatic rings. The fraction of sp³-hybridized carbons (Fsp3) is 0.533. The average Bonchev–Trinajstić information content (AvgIpc) is 2.11. The molecule has 0 aliphatic rings. The average molecular weight is 282 g/mol.